The number of nitrogens with zero attached hydrogens (tertiary/aromatic N) is 1. The van der Waals surface area contributed by atoms with Crippen LogP contribution in [0.15, 0.2) is 24.3 Å². The van der Waals surface area contributed by atoms with Crippen molar-refractivity contribution in [3.63, 3.8) is 0 Å². The van der Waals surface area contributed by atoms with E-state index in [4.69, 9.17) is 11.6 Å². The third kappa shape index (κ3) is 3.05. The second-order valence-corrected chi connectivity index (χ2v) is 6.22. The van der Waals surface area contributed by atoms with E-state index in [0.717, 1.165) is 18.5 Å². The molecule has 2 aliphatic rings. The molecule has 1 aromatic rings. The Kier molecular flexibility index (Phi) is 4.15. The molecule has 0 radical (unpaired) electrons. The van der Waals surface area contributed by atoms with Crippen LogP contribution in [-0.4, -0.2) is 23.9 Å². The van der Waals surface area contributed by atoms with Gasteiger partial charge in [0.25, 0.3) is 0 Å². The van der Waals surface area contributed by atoms with Gasteiger partial charge in [0.05, 0.1) is 0 Å². The lowest BCUT2D eigenvalue weighted by Gasteiger charge is -2.25. The highest BCUT2D eigenvalue weighted by Crippen LogP contribution is 2.28. The third-order valence-corrected chi connectivity index (χ3v) is 4.57. The lowest BCUT2D eigenvalue weighted by atomic mass is 10.1. The number of amides is 2. The van der Waals surface area contributed by atoms with Crippen LogP contribution in [0.1, 0.15) is 38.5 Å². The van der Waals surface area contributed by atoms with Gasteiger partial charge in [-0.2, -0.15) is 0 Å². The molecule has 5 heteroatoms. The van der Waals surface area contributed by atoms with Crippen molar-refractivity contribution in [3.05, 3.63) is 29.3 Å². The summed E-state index contributed by atoms with van der Waals surface area (Å²) in [5, 5.41) is 3.72. The van der Waals surface area contributed by atoms with Crippen LogP contribution in [0.4, 0.5) is 5.69 Å². The molecular weight excluding hydrogens is 288 g/mol. The molecule has 112 valence electrons. The molecule has 0 spiro atoms. The molecule has 1 atom stereocenters. The molecular formula is C16H19ClN2O2. The SMILES string of the molecule is O=C(NC1CCCC1)C1CCC(=O)N1c1ccc(Cl)cc1. The number of hydrogen-bond acceptors (Lipinski definition) is 2. The molecule has 1 N–H and O–H groups in total. The summed E-state index contributed by atoms with van der Waals surface area (Å²) in [6.07, 6.45) is 5.46. The van der Waals surface area contributed by atoms with Gasteiger partial charge in [-0.05, 0) is 43.5 Å². The van der Waals surface area contributed by atoms with Crippen molar-refractivity contribution in [2.75, 3.05) is 4.90 Å². The van der Waals surface area contributed by atoms with Gasteiger partial charge in [-0.25, -0.2) is 0 Å². The number of carbonyl (C=O) groups is 2. The van der Waals surface area contributed by atoms with E-state index in [-0.39, 0.29) is 23.9 Å². The summed E-state index contributed by atoms with van der Waals surface area (Å²) in [6.45, 7) is 0. The predicted molar refractivity (Wildman–Crippen MR) is 82.4 cm³/mol. The van der Waals surface area contributed by atoms with Gasteiger partial charge in [-0.15, -0.1) is 0 Å². The maximum absolute atomic E-state index is 12.5. The molecule has 1 unspecified atom stereocenters. The zero-order valence-electron chi connectivity index (χ0n) is 11.8. The van der Waals surface area contributed by atoms with Crippen LogP contribution >= 0.6 is 11.6 Å². The Bertz CT molecular complexity index is 538. The summed E-state index contributed by atoms with van der Waals surface area (Å²) in [6, 6.07) is 6.96. The van der Waals surface area contributed by atoms with Crippen molar-refractivity contribution in [1.29, 1.82) is 0 Å². The van der Waals surface area contributed by atoms with E-state index >= 15 is 0 Å². The molecule has 1 heterocycles. The first-order valence-corrected chi connectivity index (χ1v) is 7.91. The third-order valence-electron chi connectivity index (χ3n) is 4.32. The average molecular weight is 307 g/mol. The van der Waals surface area contributed by atoms with E-state index in [1.807, 2.05) is 0 Å². The first-order valence-electron chi connectivity index (χ1n) is 7.53. The molecule has 0 bridgehead atoms. The van der Waals surface area contributed by atoms with Gasteiger partial charge in [-0.3, -0.25) is 14.5 Å². The van der Waals surface area contributed by atoms with E-state index in [9.17, 15) is 9.59 Å². The standard InChI is InChI=1S/C16H19ClN2O2/c17-11-5-7-13(8-6-11)19-14(9-10-15(19)20)16(21)18-12-3-1-2-4-12/h5-8,12,14H,1-4,9-10H2,(H,18,21). The summed E-state index contributed by atoms with van der Waals surface area (Å²) in [5.74, 6) is -0.0217. The number of halogens is 1. The second-order valence-electron chi connectivity index (χ2n) is 5.78. The van der Waals surface area contributed by atoms with Crippen LogP contribution in [0.2, 0.25) is 5.02 Å². The van der Waals surface area contributed by atoms with E-state index in [2.05, 4.69) is 5.32 Å². The van der Waals surface area contributed by atoms with Gasteiger partial charge in [0.1, 0.15) is 6.04 Å². The largest absolute Gasteiger partial charge is 0.352 e. The number of rotatable bonds is 3. The Morgan fingerprint density at radius 2 is 1.81 bits per heavy atom. The molecule has 1 aliphatic heterocycles. The maximum atomic E-state index is 12.5. The quantitative estimate of drug-likeness (QED) is 0.933. The first-order chi connectivity index (χ1) is 10.1. The van der Waals surface area contributed by atoms with E-state index < -0.39 is 0 Å². The fraction of sp³-hybridized carbons (Fsp3) is 0.500. The Hall–Kier alpha value is -1.55. The molecule has 21 heavy (non-hydrogen) atoms. The molecule has 3 rings (SSSR count). The van der Waals surface area contributed by atoms with Crippen molar-refractivity contribution < 1.29 is 9.59 Å². The minimum Gasteiger partial charge on any atom is -0.352 e. The molecule has 0 aromatic heterocycles. The van der Waals surface area contributed by atoms with E-state index in [1.54, 1.807) is 29.2 Å². The van der Waals surface area contributed by atoms with Crippen LogP contribution < -0.4 is 10.2 Å². The average Bonchev–Trinajstić information content (AvgIpc) is 3.09. The number of benzene rings is 1. The lowest BCUT2D eigenvalue weighted by molar-refractivity contribution is -0.124. The van der Waals surface area contributed by atoms with Gasteiger partial charge in [0, 0.05) is 23.2 Å². The van der Waals surface area contributed by atoms with Crippen molar-refractivity contribution in [1.82, 2.24) is 5.32 Å². The molecule has 1 aliphatic carbocycles. The molecule has 4 nitrogen and oxygen atoms in total. The number of nitrogens with one attached hydrogen (secondary N) is 1. The molecule has 1 aromatic carbocycles. The summed E-state index contributed by atoms with van der Waals surface area (Å²) in [5.41, 5.74) is 0.744. The van der Waals surface area contributed by atoms with Gasteiger partial charge >= 0.3 is 0 Å². The smallest absolute Gasteiger partial charge is 0.243 e. The summed E-state index contributed by atoms with van der Waals surface area (Å²) >= 11 is 5.88. The van der Waals surface area contributed by atoms with E-state index in [0.29, 0.717) is 17.9 Å². The molecule has 2 amide bonds. The number of anilines is 1. The van der Waals surface area contributed by atoms with Crippen LogP contribution in [0, 0.1) is 0 Å². The first kappa shape index (κ1) is 14.4. The topological polar surface area (TPSA) is 49.4 Å². The molecule has 1 saturated heterocycles. The lowest BCUT2D eigenvalue weighted by Crippen LogP contribution is -2.47. The maximum Gasteiger partial charge on any atom is 0.243 e. The molecule has 2 fully saturated rings. The highest BCUT2D eigenvalue weighted by atomic mass is 35.5. The van der Waals surface area contributed by atoms with Crippen LogP contribution in [0.3, 0.4) is 0 Å². The van der Waals surface area contributed by atoms with Crippen LogP contribution in [0.25, 0.3) is 0 Å². The Morgan fingerprint density at radius 1 is 1.14 bits per heavy atom. The Balaban J connectivity index is 1.75. The van der Waals surface area contributed by atoms with Crippen molar-refractivity contribution in [3.8, 4) is 0 Å². The fourth-order valence-corrected chi connectivity index (χ4v) is 3.35. The minimum absolute atomic E-state index is 0.00361. The summed E-state index contributed by atoms with van der Waals surface area (Å²) in [4.78, 5) is 26.2. The van der Waals surface area contributed by atoms with Crippen molar-refractivity contribution in [2.24, 2.45) is 0 Å². The Morgan fingerprint density at radius 3 is 2.48 bits per heavy atom. The van der Waals surface area contributed by atoms with Crippen LogP contribution in [0.5, 0.6) is 0 Å². The van der Waals surface area contributed by atoms with Gasteiger partial charge < -0.3 is 5.32 Å². The van der Waals surface area contributed by atoms with E-state index in [1.165, 1.54) is 12.8 Å². The van der Waals surface area contributed by atoms with Gasteiger partial charge in [0.2, 0.25) is 11.8 Å². The highest BCUT2D eigenvalue weighted by Gasteiger charge is 2.37. The monoisotopic (exact) mass is 306 g/mol. The Labute approximate surface area is 129 Å². The van der Waals surface area contributed by atoms with Crippen molar-refractivity contribution >= 4 is 29.1 Å². The summed E-state index contributed by atoms with van der Waals surface area (Å²) in [7, 11) is 0. The summed E-state index contributed by atoms with van der Waals surface area (Å²) < 4.78 is 0. The zero-order chi connectivity index (χ0) is 14.8. The normalized spacial score (nSPS) is 22.8. The van der Waals surface area contributed by atoms with Crippen molar-refractivity contribution in [2.45, 2.75) is 50.6 Å². The number of carbonyl (C=O) groups excluding carboxylic acids is 2. The predicted octanol–water partition coefficient (Wildman–Crippen LogP) is 2.89. The second kappa shape index (κ2) is 6.06. The van der Waals surface area contributed by atoms with Crippen LogP contribution in [-0.2, 0) is 9.59 Å². The van der Waals surface area contributed by atoms with Gasteiger partial charge in [-0.1, -0.05) is 24.4 Å². The zero-order valence-corrected chi connectivity index (χ0v) is 12.6. The highest BCUT2D eigenvalue weighted by molar-refractivity contribution is 6.30. The number of hydrogen-bond donors (Lipinski definition) is 1. The molecule has 1 saturated carbocycles. The fourth-order valence-electron chi connectivity index (χ4n) is 3.23. The minimum atomic E-state index is -0.390. The van der Waals surface area contributed by atoms with Gasteiger partial charge in [0.15, 0.2) is 0 Å².